The molecule has 10 heavy (non-hydrogen) atoms. The maximum atomic E-state index is 5.38. The zero-order chi connectivity index (χ0) is 7.56. The quantitative estimate of drug-likeness (QED) is 0.628. The van der Waals surface area contributed by atoms with Gasteiger partial charge in [0.05, 0.1) is 6.20 Å². The number of hydrogen-bond acceptors (Lipinski definition) is 2. The molecule has 0 saturated heterocycles. The molecule has 0 radical (unpaired) electrons. The first-order valence-corrected chi connectivity index (χ1v) is 3.68. The van der Waals surface area contributed by atoms with Gasteiger partial charge < -0.3 is 4.42 Å². The van der Waals surface area contributed by atoms with Crippen LogP contribution in [-0.2, 0) is 6.42 Å². The summed E-state index contributed by atoms with van der Waals surface area (Å²) in [4.78, 5) is 4.12. The van der Waals surface area contributed by atoms with Crippen molar-refractivity contribution in [2.24, 2.45) is 0 Å². The van der Waals surface area contributed by atoms with Gasteiger partial charge in [0.15, 0.2) is 5.89 Å². The van der Waals surface area contributed by atoms with Crippen molar-refractivity contribution in [3.05, 3.63) is 17.8 Å². The van der Waals surface area contributed by atoms with Crippen molar-refractivity contribution in [2.45, 2.75) is 33.1 Å². The summed E-state index contributed by atoms with van der Waals surface area (Å²) >= 11 is 0. The third-order valence-electron chi connectivity index (χ3n) is 1.41. The van der Waals surface area contributed by atoms with E-state index in [2.05, 4.69) is 25.8 Å². The van der Waals surface area contributed by atoms with Gasteiger partial charge in [-0.15, -0.1) is 0 Å². The van der Waals surface area contributed by atoms with Crippen molar-refractivity contribution >= 4 is 0 Å². The van der Waals surface area contributed by atoms with Crippen molar-refractivity contribution in [2.75, 3.05) is 0 Å². The zero-order valence-electron chi connectivity index (χ0n) is 6.72. The van der Waals surface area contributed by atoms with Crippen LogP contribution in [-0.4, -0.2) is 4.98 Å². The minimum atomic E-state index is 0.403. The molecule has 2 heteroatoms. The summed E-state index contributed by atoms with van der Waals surface area (Å²) in [5.41, 5.74) is 0. The first kappa shape index (κ1) is 7.32. The molecule has 0 aromatic carbocycles. The molecular formula is C8H13NO. The van der Waals surface area contributed by atoms with Crippen LogP contribution in [0.25, 0.3) is 0 Å². The zero-order valence-corrected chi connectivity index (χ0v) is 6.72. The molecule has 1 rings (SSSR count). The van der Waals surface area contributed by atoms with Crippen LogP contribution in [0.5, 0.6) is 0 Å². The Morgan fingerprint density at radius 1 is 1.60 bits per heavy atom. The standard InChI is InChI=1S/C8H13NO/c1-4-7-5-9-8(10-7)6(2)3/h5-6H,4H2,1-3H3. The average molecular weight is 139 g/mol. The molecule has 0 bridgehead atoms. The van der Waals surface area contributed by atoms with E-state index in [9.17, 15) is 0 Å². The SMILES string of the molecule is CCc1cnc(C(C)C)o1. The Hall–Kier alpha value is -0.790. The van der Waals surface area contributed by atoms with Crippen molar-refractivity contribution in [3.8, 4) is 0 Å². The van der Waals surface area contributed by atoms with Gasteiger partial charge >= 0.3 is 0 Å². The Bertz CT molecular complexity index is 203. The maximum absolute atomic E-state index is 5.38. The summed E-state index contributed by atoms with van der Waals surface area (Å²) in [7, 11) is 0. The summed E-state index contributed by atoms with van der Waals surface area (Å²) in [6, 6.07) is 0. The fourth-order valence-corrected chi connectivity index (χ4v) is 0.753. The van der Waals surface area contributed by atoms with Crippen molar-refractivity contribution in [1.29, 1.82) is 0 Å². The lowest BCUT2D eigenvalue weighted by Crippen LogP contribution is -1.84. The Kier molecular flexibility index (Phi) is 2.10. The molecule has 2 nitrogen and oxygen atoms in total. The van der Waals surface area contributed by atoms with E-state index in [0.29, 0.717) is 5.92 Å². The number of aryl methyl sites for hydroxylation is 1. The highest BCUT2D eigenvalue weighted by Crippen LogP contribution is 2.13. The van der Waals surface area contributed by atoms with E-state index in [-0.39, 0.29) is 0 Å². The third kappa shape index (κ3) is 1.38. The van der Waals surface area contributed by atoms with Crippen molar-refractivity contribution in [1.82, 2.24) is 4.98 Å². The van der Waals surface area contributed by atoms with Gasteiger partial charge in [-0.3, -0.25) is 0 Å². The molecule has 0 atom stereocenters. The Labute approximate surface area is 61.3 Å². The number of rotatable bonds is 2. The van der Waals surface area contributed by atoms with Crippen molar-refractivity contribution < 1.29 is 4.42 Å². The smallest absolute Gasteiger partial charge is 0.196 e. The Balaban J connectivity index is 2.78. The van der Waals surface area contributed by atoms with E-state index in [1.807, 2.05) is 0 Å². The van der Waals surface area contributed by atoms with E-state index in [1.54, 1.807) is 6.20 Å². The van der Waals surface area contributed by atoms with Gasteiger partial charge in [-0.2, -0.15) is 0 Å². The Morgan fingerprint density at radius 3 is 2.60 bits per heavy atom. The highest BCUT2D eigenvalue weighted by molar-refractivity contribution is 4.96. The Morgan fingerprint density at radius 2 is 2.30 bits per heavy atom. The van der Waals surface area contributed by atoms with Crippen LogP contribution < -0.4 is 0 Å². The van der Waals surface area contributed by atoms with Gasteiger partial charge in [-0.1, -0.05) is 20.8 Å². The maximum Gasteiger partial charge on any atom is 0.196 e. The molecule has 0 aliphatic carbocycles. The van der Waals surface area contributed by atoms with Crippen LogP contribution in [0.15, 0.2) is 10.6 Å². The summed E-state index contributed by atoms with van der Waals surface area (Å²) in [5.74, 6) is 2.22. The van der Waals surface area contributed by atoms with E-state index in [1.165, 1.54) is 0 Å². The molecular weight excluding hydrogens is 126 g/mol. The van der Waals surface area contributed by atoms with Gasteiger partial charge in [0.25, 0.3) is 0 Å². The normalized spacial score (nSPS) is 10.8. The number of oxazole rings is 1. The predicted octanol–water partition coefficient (Wildman–Crippen LogP) is 2.36. The number of aromatic nitrogens is 1. The molecule has 0 spiro atoms. The van der Waals surface area contributed by atoms with Crippen LogP contribution in [0.4, 0.5) is 0 Å². The molecule has 1 heterocycles. The van der Waals surface area contributed by atoms with E-state index >= 15 is 0 Å². The molecule has 56 valence electrons. The van der Waals surface area contributed by atoms with Crippen LogP contribution in [0.1, 0.15) is 38.3 Å². The molecule has 0 saturated carbocycles. The molecule has 1 aromatic rings. The van der Waals surface area contributed by atoms with E-state index in [4.69, 9.17) is 4.42 Å². The minimum Gasteiger partial charge on any atom is -0.445 e. The van der Waals surface area contributed by atoms with E-state index in [0.717, 1.165) is 18.1 Å². The minimum absolute atomic E-state index is 0.403. The topological polar surface area (TPSA) is 26.0 Å². The lowest BCUT2D eigenvalue weighted by atomic mass is 10.2. The second-order valence-electron chi connectivity index (χ2n) is 2.67. The van der Waals surface area contributed by atoms with Crippen LogP contribution in [0, 0.1) is 0 Å². The molecule has 0 N–H and O–H groups in total. The molecule has 0 amide bonds. The average Bonchev–Trinajstić information content (AvgIpc) is 2.34. The molecule has 0 fully saturated rings. The fourth-order valence-electron chi connectivity index (χ4n) is 0.753. The number of nitrogens with zero attached hydrogens (tertiary/aromatic N) is 1. The fraction of sp³-hybridized carbons (Fsp3) is 0.625. The second-order valence-corrected chi connectivity index (χ2v) is 2.67. The van der Waals surface area contributed by atoms with Crippen molar-refractivity contribution in [3.63, 3.8) is 0 Å². The lowest BCUT2D eigenvalue weighted by molar-refractivity contribution is 0.439. The third-order valence-corrected chi connectivity index (χ3v) is 1.41. The summed E-state index contributed by atoms with van der Waals surface area (Å²) in [6.07, 6.45) is 2.73. The first-order valence-electron chi connectivity index (χ1n) is 3.68. The highest BCUT2D eigenvalue weighted by atomic mass is 16.4. The molecule has 0 aliphatic heterocycles. The van der Waals surface area contributed by atoms with Gasteiger partial charge in [-0.05, 0) is 0 Å². The van der Waals surface area contributed by atoms with Gasteiger partial charge in [0.1, 0.15) is 5.76 Å². The largest absolute Gasteiger partial charge is 0.445 e. The summed E-state index contributed by atoms with van der Waals surface area (Å²) < 4.78 is 5.38. The van der Waals surface area contributed by atoms with Gasteiger partial charge in [0.2, 0.25) is 0 Å². The lowest BCUT2D eigenvalue weighted by Gasteiger charge is -1.94. The summed E-state index contributed by atoms with van der Waals surface area (Å²) in [5, 5.41) is 0. The monoisotopic (exact) mass is 139 g/mol. The van der Waals surface area contributed by atoms with Crippen LogP contribution >= 0.6 is 0 Å². The molecule has 1 aromatic heterocycles. The predicted molar refractivity (Wildman–Crippen MR) is 40.0 cm³/mol. The molecule has 0 unspecified atom stereocenters. The van der Waals surface area contributed by atoms with Gasteiger partial charge in [-0.25, -0.2) is 4.98 Å². The van der Waals surface area contributed by atoms with Crippen LogP contribution in [0.2, 0.25) is 0 Å². The first-order chi connectivity index (χ1) is 4.74. The summed E-state index contributed by atoms with van der Waals surface area (Å²) in [6.45, 7) is 6.21. The van der Waals surface area contributed by atoms with E-state index < -0.39 is 0 Å². The molecule has 0 aliphatic rings. The van der Waals surface area contributed by atoms with Gasteiger partial charge in [0, 0.05) is 12.3 Å². The number of hydrogen-bond donors (Lipinski definition) is 0. The highest BCUT2D eigenvalue weighted by Gasteiger charge is 2.04. The van der Waals surface area contributed by atoms with Crippen LogP contribution in [0.3, 0.4) is 0 Å². The second kappa shape index (κ2) is 2.86.